The number of carbonyl (C=O) groups excluding carboxylic acids is 1. The van der Waals surface area contributed by atoms with Crippen LogP contribution in [-0.2, 0) is 4.79 Å². The predicted molar refractivity (Wildman–Crippen MR) is 66.4 cm³/mol. The number of aliphatic hydroxyl groups excluding tert-OH is 1. The summed E-state index contributed by atoms with van der Waals surface area (Å²) in [6.07, 6.45) is -1.37. The third kappa shape index (κ3) is 3.64. The van der Waals surface area contributed by atoms with Crippen molar-refractivity contribution in [2.24, 2.45) is 0 Å². The van der Waals surface area contributed by atoms with Gasteiger partial charge >= 0.3 is 12.0 Å². The zero-order chi connectivity index (χ0) is 15.4. The Hall–Kier alpha value is -2.22. The third-order valence-corrected chi connectivity index (χ3v) is 2.56. The van der Waals surface area contributed by atoms with Gasteiger partial charge in [-0.25, -0.2) is 18.4 Å². The van der Waals surface area contributed by atoms with E-state index in [1.165, 1.54) is 13.0 Å². The van der Waals surface area contributed by atoms with Crippen LogP contribution in [0.5, 0.6) is 0 Å². The molecule has 0 aromatic heterocycles. The third-order valence-electron chi connectivity index (χ3n) is 2.56. The molecule has 0 aliphatic rings. The molecule has 4 N–H and O–H groups in total. The van der Waals surface area contributed by atoms with Crippen LogP contribution >= 0.6 is 0 Å². The Bertz CT molecular complexity index is 534. The van der Waals surface area contributed by atoms with E-state index >= 15 is 0 Å². The number of urea groups is 1. The minimum Gasteiger partial charge on any atom is -0.480 e. The van der Waals surface area contributed by atoms with E-state index in [-0.39, 0.29) is 5.56 Å². The van der Waals surface area contributed by atoms with Gasteiger partial charge in [0.2, 0.25) is 0 Å². The Morgan fingerprint density at radius 1 is 1.30 bits per heavy atom. The highest BCUT2D eigenvalue weighted by atomic mass is 19.1. The summed E-state index contributed by atoms with van der Waals surface area (Å²) in [6, 6.07) is -0.561. The number of carboxylic acids is 1. The number of rotatable bonds is 4. The fourth-order valence-electron chi connectivity index (χ4n) is 1.45. The van der Waals surface area contributed by atoms with Crippen LogP contribution in [0.15, 0.2) is 12.1 Å². The zero-order valence-electron chi connectivity index (χ0n) is 10.8. The lowest BCUT2D eigenvalue weighted by molar-refractivity contribution is -0.141. The van der Waals surface area contributed by atoms with Crippen molar-refractivity contribution in [3.63, 3.8) is 0 Å². The van der Waals surface area contributed by atoms with Gasteiger partial charge in [-0.3, -0.25) is 0 Å². The molecule has 0 spiro atoms. The van der Waals surface area contributed by atoms with Gasteiger partial charge in [-0.15, -0.1) is 0 Å². The predicted octanol–water partition coefficient (Wildman–Crippen LogP) is 1.23. The first-order chi connectivity index (χ1) is 9.23. The number of carbonyl (C=O) groups is 2. The summed E-state index contributed by atoms with van der Waals surface area (Å²) in [5.74, 6) is -3.42. The average molecular weight is 288 g/mol. The molecule has 0 radical (unpaired) electrons. The fourth-order valence-corrected chi connectivity index (χ4v) is 1.45. The first-order valence-electron chi connectivity index (χ1n) is 5.67. The summed E-state index contributed by atoms with van der Waals surface area (Å²) in [5, 5.41) is 21.7. The highest BCUT2D eigenvalue weighted by Gasteiger charge is 2.25. The lowest BCUT2D eigenvalue weighted by Gasteiger charge is -2.18. The molecule has 2 unspecified atom stereocenters. The molecular formula is C12H14F2N2O4. The highest BCUT2D eigenvalue weighted by Crippen LogP contribution is 2.21. The maximum absolute atomic E-state index is 13.6. The molecule has 0 heterocycles. The molecule has 1 aromatic carbocycles. The van der Waals surface area contributed by atoms with Crippen LogP contribution in [0.1, 0.15) is 12.5 Å². The summed E-state index contributed by atoms with van der Waals surface area (Å²) >= 11 is 0. The smallest absolute Gasteiger partial charge is 0.328 e. The topological polar surface area (TPSA) is 98.7 Å². The minimum absolute atomic E-state index is 0.118. The largest absolute Gasteiger partial charge is 0.480 e. The average Bonchev–Trinajstić information content (AvgIpc) is 2.35. The first-order valence-corrected chi connectivity index (χ1v) is 5.67. The maximum Gasteiger partial charge on any atom is 0.328 e. The molecule has 8 heteroatoms. The Balaban J connectivity index is 2.87. The number of benzene rings is 1. The number of aliphatic carboxylic acids is 1. The van der Waals surface area contributed by atoms with E-state index < -0.39 is 41.5 Å². The Kier molecular flexibility index (Phi) is 4.98. The van der Waals surface area contributed by atoms with Crippen LogP contribution < -0.4 is 10.6 Å². The van der Waals surface area contributed by atoms with Crippen LogP contribution in [0.4, 0.5) is 19.3 Å². The molecule has 110 valence electrons. The summed E-state index contributed by atoms with van der Waals surface area (Å²) in [5.41, 5.74) is -0.566. The van der Waals surface area contributed by atoms with Gasteiger partial charge in [-0.1, -0.05) is 6.07 Å². The van der Waals surface area contributed by atoms with E-state index in [4.69, 9.17) is 5.11 Å². The van der Waals surface area contributed by atoms with Crippen LogP contribution in [0.2, 0.25) is 0 Å². The van der Waals surface area contributed by atoms with E-state index in [0.29, 0.717) is 0 Å². The number of aliphatic hydroxyl groups is 1. The monoisotopic (exact) mass is 288 g/mol. The van der Waals surface area contributed by atoms with Crippen molar-refractivity contribution in [1.29, 1.82) is 0 Å². The number of amides is 2. The summed E-state index contributed by atoms with van der Waals surface area (Å²) in [4.78, 5) is 22.3. The van der Waals surface area contributed by atoms with Gasteiger partial charge in [-0.05, 0) is 25.5 Å². The van der Waals surface area contributed by atoms with Crippen molar-refractivity contribution in [3.8, 4) is 0 Å². The van der Waals surface area contributed by atoms with Crippen LogP contribution in [0, 0.1) is 18.6 Å². The van der Waals surface area contributed by atoms with Crippen molar-refractivity contribution in [2.75, 3.05) is 5.32 Å². The zero-order valence-corrected chi connectivity index (χ0v) is 10.8. The van der Waals surface area contributed by atoms with E-state index in [1.807, 2.05) is 10.6 Å². The maximum atomic E-state index is 13.6. The number of hydrogen-bond acceptors (Lipinski definition) is 3. The molecule has 0 bridgehead atoms. The van der Waals surface area contributed by atoms with Crippen molar-refractivity contribution >= 4 is 17.7 Å². The van der Waals surface area contributed by atoms with Crippen molar-refractivity contribution < 1.29 is 28.6 Å². The Morgan fingerprint density at radius 2 is 1.90 bits per heavy atom. The number of aryl methyl sites for hydroxylation is 1. The van der Waals surface area contributed by atoms with Gasteiger partial charge in [0.15, 0.2) is 11.9 Å². The van der Waals surface area contributed by atoms with Crippen molar-refractivity contribution in [3.05, 3.63) is 29.3 Å². The molecule has 1 aromatic rings. The molecule has 1 rings (SSSR count). The number of halogens is 2. The molecule has 0 aliphatic carbocycles. The fraction of sp³-hybridized carbons (Fsp3) is 0.333. The number of hydrogen-bond donors (Lipinski definition) is 4. The second kappa shape index (κ2) is 6.29. The molecule has 0 saturated carbocycles. The molecular weight excluding hydrogens is 274 g/mol. The summed E-state index contributed by atoms with van der Waals surface area (Å²) in [6.45, 7) is 2.54. The van der Waals surface area contributed by atoms with Crippen LogP contribution in [-0.4, -0.2) is 34.4 Å². The molecule has 0 aliphatic heterocycles. The van der Waals surface area contributed by atoms with Crippen LogP contribution in [0.25, 0.3) is 0 Å². The summed E-state index contributed by atoms with van der Waals surface area (Å²) in [7, 11) is 0. The van der Waals surface area contributed by atoms with Gasteiger partial charge in [0.25, 0.3) is 0 Å². The first kappa shape index (κ1) is 15.8. The van der Waals surface area contributed by atoms with E-state index in [0.717, 1.165) is 13.0 Å². The lowest BCUT2D eigenvalue weighted by atomic mass is 10.2. The number of nitrogens with one attached hydrogen (secondary N) is 2. The molecule has 2 atom stereocenters. The van der Waals surface area contributed by atoms with Crippen molar-refractivity contribution in [2.45, 2.75) is 26.0 Å². The van der Waals surface area contributed by atoms with E-state index in [2.05, 4.69) is 0 Å². The lowest BCUT2D eigenvalue weighted by Crippen LogP contribution is -2.49. The molecule has 0 saturated heterocycles. The van der Waals surface area contributed by atoms with Gasteiger partial charge in [0, 0.05) is 0 Å². The minimum atomic E-state index is -1.59. The van der Waals surface area contributed by atoms with Crippen LogP contribution in [0.3, 0.4) is 0 Å². The summed E-state index contributed by atoms with van der Waals surface area (Å²) < 4.78 is 27.0. The van der Waals surface area contributed by atoms with Gasteiger partial charge in [-0.2, -0.15) is 0 Å². The standard InChI is InChI=1S/C12H14F2N2O4/c1-5-3-4-7(13)10(8(5)14)16-12(20)15-9(6(2)17)11(18)19/h3-4,6,9,17H,1-2H3,(H,18,19)(H2,15,16,20). The van der Waals surface area contributed by atoms with Gasteiger partial charge in [0.1, 0.15) is 11.5 Å². The quantitative estimate of drug-likeness (QED) is 0.669. The van der Waals surface area contributed by atoms with Gasteiger partial charge < -0.3 is 20.8 Å². The number of carboxylic acid groups (broad SMARTS) is 1. The second-order valence-corrected chi connectivity index (χ2v) is 4.21. The van der Waals surface area contributed by atoms with E-state index in [9.17, 15) is 23.5 Å². The Labute approximate surface area is 113 Å². The molecule has 2 amide bonds. The second-order valence-electron chi connectivity index (χ2n) is 4.21. The Morgan fingerprint density at radius 3 is 2.40 bits per heavy atom. The van der Waals surface area contributed by atoms with E-state index in [1.54, 1.807) is 0 Å². The normalized spacial score (nSPS) is 13.4. The molecule has 20 heavy (non-hydrogen) atoms. The highest BCUT2D eigenvalue weighted by molar-refractivity contribution is 5.92. The SMILES string of the molecule is Cc1ccc(F)c(NC(=O)NC(C(=O)O)C(C)O)c1F. The molecule has 6 nitrogen and oxygen atoms in total. The number of anilines is 1. The van der Waals surface area contributed by atoms with Gasteiger partial charge in [0.05, 0.1) is 6.10 Å². The molecule has 0 fully saturated rings. The van der Waals surface area contributed by atoms with Crippen molar-refractivity contribution in [1.82, 2.24) is 5.32 Å².